The summed E-state index contributed by atoms with van der Waals surface area (Å²) in [6.07, 6.45) is 1.77. The molecule has 5 nitrogen and oxygen atoms in total. The summed E-state index contributed by atoms with van der Waals surface area (Å²) >= 11 is 0. The molecule has 0 spiro atoms. The summed E-state index contributed by atoms with van der Waals surface area (Å²) in [5.41, 5.74) is 0.405. The number of carbonyl (C=O) groups is 2. The highest BCUT2D eigenvalue weighted by atomic mass is 16.4. The average molecular weight is 290 g/mol. The second kappa shape index (κ2) is 6.26. The van der Waals surface area contributed by atoms with Gasteiger partial charge in [0.1, 0.15) is 6.04 Å². The molecule has 1 aromatic carbocycles. The van der Waals surface area contributed by atoms with Gasteiger partial charge in [-0.05, 0) is 36.9 Å². The maximum atomic E-state index is 12.1. The Kier molecular flexibility index (Phi) is 4.63. The van der Waals surface area contributed by atoms with E-state index < -0.39 is 12.0 Å². The van der Waals surface area contributed by atoms with Gasteiger partial charge in [-0.25, -0.2) is 0 Å². The standard InChI is InChI=1S/C16H22N2O3/c1-16(2)9-6-10-18(14(16)15(20)21)11-13(19)17-12-7-4-3-5-8-12/h3-5,7-8,14H,6,9-11H2,1-2H3,(H,17,19)(H,20,21). The minimum atomic E-state index is -0.854. The van der Waals surface area contributed by atoms with Crippen molar-refractivity contribution in [2.24, 2.45) is 5.41 Å². The molecule has 1 aliphatic rings. The van der Waals surface area contributed by atoms with Gasteiger partial charge in [0.25, 0.3) is 0 Å². The Labute approximate surface area is 125 Å². The van der Waals surface area contributed by atoms with E-state index in [0.29, 0.717) is 6.54 Å². The topological polar surface area (TPSA) is 69.6 Å². The average Bonchev–Trinajstić information content (AvgIpc) is 2.38. The Morgan fingerprint density at radius 1 is 1.33 bits per heavy atom. The van der Waals surface area contributed by atoms with Crippen molar-refractivity contribution in [1.29, 1.82) is 0 Å². The zero-order chi connectivity index (χ0) is 15.5. The fraction of sp³-hybridized carbons (Fsp3) is 0.500. The number of likely N-dealkylation sites (tertiary alicyclic amines) is 1. The molecule has 0 radical (unpaired) electrons. The van der Waals surface area contributed by atoms with Crippen LogP contribution in [0.3, 0.4) is 0 Å². The first-order valence-electron chi connectivity index (χ1n) is 7.22. The Bertz CT molecular complexity index is 514. The molecule has 1 aliphatic heterocycles. The second-order valence-electron chi connectivity index (χ2n) is 6.22. The smallest absolute Gasteiger partial charge is 0.321 e. The number of benzene rings is 1. The molecule has 5 heteroatoms. The number of para-hydroxylation sites is 1. The number of piperidine rings is 1. The van der Waals surface area contributed by atoms with Gasteiger partial charge in [-0.15, -0.1) is 0 Å². The fourth-order valence-electron chi connectivity index (χ4n) is 3.07. The maximum absolute atomic E-state index is 12.1. The van der Waals surface area contributed by atoms with Crippen LogP contribution in [0.25, 0.3) is 0 Å². The molecular weight excluding hydrogens is 268 g/mol. The predicted octanol–water partition coefficient (Wildman–Crippen LogP) is 2.20. The van der Waals surface area contributed by atoms with E-state index in [-0.39, 0.29) is 17.9 Å². The van der Waals surface area contributed by atoms with E-state index in [1.807, 2.05) is 44.2 Å². The third-order valence-corrected chi connectivity index (χ3v) is 4.01. The first-order chi connectivity index (χ1) is 9.90. The summed E-state index contributed by atoms with van der Waals surface area (Å²) in [5.74, 6) is -1.03. The van der Waals surface area contributed by atoms with Crippen LogP contribution in [0.15, 0.2) is 30.3 Å². The van der Waals surface area contributed by atoms with Crippen molar-refractivity contribution in [3.05, 3.63) is 30.3 Å². The molecule has 1 atom stereocenters. The molecule has 1 saturated heterocycles. The zero-order valence-corrected chi connectivity index (χ0v) is 12.5. The summed E-state index contributed by atoms with van der Waals surface area (Å²) in [6, 6.07) is 8.58. The van der Waals surface area contributed by atoms with E-state index in [1.54, 1.807) is 4.90 Å². The number of anilines is 1. The van der Waals surface area contributed by atoms with E-state index in [4.69, 9.17) is 0 Å². The number of rotatable bonds is 4. The summed E-state index contributed by atoms with van der Waals surface area (Å²) in [4.78, 5) is 25.4. The van der Waals surface area contributed by atoms with Crippen LogP contribution in [0.4, 0.5) is 5.69 Å². The molecule has 114 valence electrons. The molecule has 0 aromatic heterocycles. The summed E-state index contributed by atoms with van der Waals surface area (Å²) in [7, 11) is 0. The molecule has 0 saturated carbocycles. The second-order valence-corrected chi connectivity index (χ2v) is 6.22. The van der Waals surface area contributed by atoms with Gasteiger partial charge in [0.2, 0.25) is 5.91 Å². The molecule has 21 heavy (non-hydrogen) atoms. The number of amides is 1. The molecule has 2 rings (SSSR count). The van der Waals surface area contributed by atoms with Gasteiger partial charge < -0.3 is 10.4 Å². The van der Waals surface area contributed by atoms with E-state index in [9.17, 15) is 14.7 Å². The first-order valence-corrected chi connectivity index (χ1v) is 7.22. The molecule has 1 heterocycles. The van der Waals surface area contributed by atoms with Gasteiger partial charge in [0.15, 0.2) is 0 Å². The molecule has 1 fully saturated rings. The summed E-state index contributed by atoms with van der Waals surface area (Å²) < 4.78 is 0. The molecule has 0 bridgehead atoms. The lowest BCUT2D eigenvalue weighted by atomic mass is 9.76. The van der Waals surface area contributed by atoms with Crippen molar-refractivity contribution in [3.63, 3.8) is 0 Å². The van der Waals surface area contributed by atoms with Crippen LogP contribution < -0.4 is 5.32 Å². The van der Waals surface area contributed by atoms with Crippen molar-refractivity contribution in [1.82, 2.24) is 4.90 Å². The number of hydrogen-bond acceptors (Lipinski definition) is 3. The van der Waals surface area contributed by atoms with Crippen molar-refractivity contribution in [2.45, 2.75) is 32.7 Å². The van der Waals surface area contributed by atoms with Gasteiger partial charge in [-0.2, -0.15) is 0 Å². The van der Waals surface area contributed by atoms with Crippen molar-refractivity contribution in [2.75, 3.05) is 18.4 Å². The monoisotopic (exact) mass is 290 g/mol. The van der Waals surface area contributed by atoms with Crippen LogP contribution in [-0.4, -0.2) is 41.0 Å². The molecule has 1 aromatic rings. The van der Waals surface area contributed by atoms with Crippen LogP contribution in [-0.2, 0) is 9.59 Å². The molecule has 1 amide bonds. The van der Waals surface area contributed by atoms with Crippen LogP contribution >= 0.6 is 0 Å². The first kappa shape index (κ1) is 15.5. The van der Waals surface area contributed by atoms with Crippen molar-refractivity contribution >= 4 is 17.6 Å². The highest BCUT2D eigenvalue weighted by molar-refractivity contribution is 5.92. The zero-order valence-electron chi connectivity index (χ0n) is 12.5. The van der Waals surface area contributed by atoms with Crippen LogP contribution in [0, 0.1) is 5.41 Å². The third-order valence-electron chi connectivity index (χ3n) is 4.01. The SMILES string of the molecule is CC1(C)CCCN(CC(=O)Nc2ccccc2)C1C(=O)O. The maximum Gasteiger partial charge on any atom is 0.321 e. The highest BCUT2D eigenvalue weighted by Crippen LogP contribution is 2.35. The predicted molar refractivity (Wildman–Crippen MR) is 81.1 cm³/mol. The van der Waals surface area contributed by atoms with Crippen LogP contribution in [0.1, 0.15) is 26.7 Å². The van der Waals surface area contributed by atoms with Crippen LogP contribution in [0.5, 0.6) is 0 Å². The number of carbonyl (C=O) groups excluding carboxylic acids is 1. The molecule has 2 N–H and O–H groups in total. The van der Waals surface area contributed by atoms with E-state index >= 15 is 0 Å². The number of aliphatic carboxylic acids is 1. The number of carboxylic acid groups (broad SMARTS) is 1. The molecular formula is C16H22N2O3. The normalized spacial score (nSPS) is 21.7. The quantitative estimate of drug-likeness (QED) is 0.892. The van der Waals surface area contributed by atoms with Gasteiger partial charge in [-0.3, -0.25) is 14.5 Å². The van der Waals surface area contributed by atoms with Crippen LogP contribution in [0.2, 0.25) is 0 Å². The molecule has 0 aliphatic carbocycles. The van der Waals surface area contributed by atoms with E-state index in [1.165, 1.54) is 0 Å². The van der Waals surface area contributed by atoms with E-state index in [2.05, 4.69) is 5.32 Å². The lowest BCUT2D eigenvalue weighted by molar-refractivity contribution is -0.151. The number of hydrogen-bond donors (Lipinski definition) is 2. The fourth-order valence-corrected chi connectivity index (χ4v) is 3.07. The van der Waals surface area contributed by atoms with Crippen molar-refractivity contribution < 1.29 is 14.7 Å². The number of nitrogens with zero attached hydrogens (tertiary/aromatic N) is 1. The van der Waals surface area contributed by atoms with Crippen molar-refractivity contribution in [3.8, 4) is 0 Å². The Morgan fingerprint density at radius 3 is 2.62 bits per heavy atom. The summed E-state index contributed by atoms with van der Waals surface area (Å²) in [6.45, 7) is 4.65. The van der Waals surface area contributed by atoms with Gasteiger partial charge in [0.05, 0.1) is 6.54 Å². The van der Waals surface area contributed by atoms with Gasteiger partial charge in [0, 0.05) is 5.69 Å². The lowest BCUT2D eigenvalue weighted by Gasteiger charge is -2.43. The minimum absolute atomic E-state index is 0.106. The third kappa shape index (κ3) is 3.82. The Balaban J connectivity index is 2.03. The summed E-state index contributed by atoms with van der Waals surface area (Å²) in [5, 5.41) is 12.3. The Morgan fingerprint density at radius 2 is 2.00 bits per heavy atom. The van der Waals surface area contributed by atoms with E-state index in [0.717, 1.165) is 18.5 Å². The number of nitrogens with one attached hydrogen (secondary N) is 1. The van der Waals surface area contributed by atoms with Gasteiger partial charge in [-0.1, -0.05) is 32.0 Å². The molecule has 1 unspecified atom stereocenters. The highest BCUT2D eigenvalue weighted by Gasteiger charge is 2.42. The van der Waals surface area contributed by atoms with Gasteiger partial charge >= 0.3 is 5.97 Å². The largest absolute Gasteiger partial charge is 0.480 e. The minimum Gasteiger partial charge on any atom is -0.480 e. The lowest BCUT2D eigenvalue weighted by Crippen LogP contribution is -2.55. The number of carboxylic acids is 1. The Hall–Kier alpha value is -1.88.